The molecule has 6 nitrogen and oxygen atoms in total. The molecule has 1 unspecified atom stereocenters. The van der Waals surface area contributed by atoms with Crippen LogP contribution >= 0.6 is 0 Å². The summed E-state index contributed by atoms with van der Waals surface area (Å²) in [5, 5.41) is 9.46. The zero-order valence-electron chi connectivity index (χ0n) is 19.1. The summed E-state index contributed by atoms with van der Waals surface area (Å²) in [6.07, 6.45) is 0. The van der Waals surface area contributed by atoms with Gasteiger partial charge in [-0.1, -0.05) is 24.3 Å². The molecule has 0 aliphatic rings. The van der Waals surface area contributed by atoms with Crippen LogP contribution in [0.5, 0.6) is 0 Å². The first-order valence-corrected chi connectivity index (χ1v) is 10.6. The average Bonchev–Trinajstić information content (AvgIpc) is 2.74. The van der Waals surface area contributed by atoms with E-state index in [0.29, 0.717) is 36.7 Å². The molecule has 1 amide bonds. The van der Waals surface area contributed by atoms with E-state index < -0.39 is 0 Å². The quantitative estimate of drug-likeness (QED) is 0.425. The minimum absolute atomic E-state index is 0.0901. The van der Waals surface area contributed by atoms with Gasteiger partial charge in [0.2, 0.25) is 0 Å². The standard InChI is InChI=1S/C24H34FN5O/c1-6-26-24(29-18(3)20-11-10-17(2)22(25)15-20)28-16-19-8-7-9-21(14-19)23(31)27-12-13-30(4)5/h7-11,14-15,18H,6,12-13,16H2,1-5H3,(H,27,31)(H2,26,28,29). The van der Waals surface area contributed by atoms with Crippen LogP contribution in [0.1, 0.15) is 46.9 Å². The van der Waals surface area contributed by atoms with Crippen molar-refractivity contribution in [3.63, 3.8) is 0 Å². The highest BCUT2D eigenvalue weighted by atomic mass is 19.1. The van der Waals surface area contributed by atoms with Gasteiger partial charge in [-0.05, 0) is 69.8 Å². The molecule has 0 bridgehead atoms. The van der Waals surface area contributed by atoms with Crippen molar-refractivity contribution < 1.29 is 9.18 Å². The molecule has 0 saturated heterocycles. The number of likely N-dealkylation sites (N-methyl/N-ethyl adjacent to an activating group) is 1. The topological polar surface area (TPSA) is 68.8 Å². The molecule has 0 fully saturated rings. The summed E-state index contributed by atoms with van der Waals surface area (Å²) in [7, 11) is 3.94. The van der Waals surface area contributed by atoms with Crippen molar-refractivity contribution >= 4 is 11.9 Å². The zero-order valence-corrected chi connectivity index (χ0v) is 19.1. The zero-order chi connectivity index (χ0) is 22.8. The summed E-state index contributed by atoms with van der Waals surface area (Å²) >= 11 is 0. The van der Waals surface area contributed by atoms with Gasteiger partial charge in [-0.15, -0.1) is 0 Å². The molecule has 0 saturated carbocycles. The number of benzene rings is 2. The van der Waals surface area contributed by atoms with Crippen LogP contribution in [0.2, 0.25) is 0 Å². The lowest BCUT2D eigenvalue weighted by molar-refractivity contribution is 0.0951. The lowest BCUT2D eigenvalue weighted by Gasteiger charge is -2.18. The first kappa shape index (κ1) is 24.3. The Morgan fingerprint density at radius 3 is 2.61 bits per heavy atom. The molecule has 1 atom stereocenters. The van der Waals surface area contributed by atoms with E-state index in [4.69, 9.17) is 0 Å². The van der Waals surface area contributed by atoms with Gasteiger partial charge >= 0.3 is 0 Å². The van der Waals surface area contributed by atoms with E-state index in [1.807, 2.05) is 57.1 Å². The van der Waals surface area contributed by atoms with E-state index in [0.717, 1.165) is 17.7 Å². The Morgan fingerprint density at radius 2 is 1.94 bits per heavy atom. The lowest BCUT2D eigenvalue weighted by atomic mass is 10.1. The second-order valence-electron chi connectivity index (χ2n) is 7.83. The number of amides is 1. The molecule has 7 heteroatoms. The second-order valence-corrected chi connectivity index (χ2v) is 7.83. The normalized spacial score (nSPS) is 12.5. The molecule has 2 rings (SSSR count). The predicted octanol–water partition coefficient (Wildman–Crippen LogP) is 3.24. The monoisotopic (exact) mass is 427 g/mol. The number of guanidine groups is 1. The van der Waals surface area contributed by atoms with Crippen molar-refractivity contribution in [2.24, 2.45) is 4.99 Å². The van der Waals surface area contributed by atoms with Gasteiger partial charge in [0.25, 0.3) is 5.91 Å². The van der Waals surface area contributed by atoms with Gasteiger partial charge < -0.3 is 20.9 Å². The molecule has 0 radical (unpaired) electrons. The first-order chi connectivity index (χ1) is 14.8. The minimum atomic E-state index is -0.214. The predicted molar refractivity (Wildman–Crippen MR) is 125 cm³/mol. The number of rotatable bonds is 9. The fourth-order valence-electron chi connectivity index (χ4n) is 2.96. The molecule has 3 N–H and O–H groups in total. The summed E-state index contributed by atoms with van der Waals surface area (Å²) in [6, 6.07) is 12.6. The van der Waals surface area contributed by atoms with Gasteiger partial charge in [0.1, 0.15) is 5.82 Å². The van der Waals surface area contributed by atoms with Crippen LogP contribution in [0.3, 0.4) is 0 Å². The molecule has 0 aliphatic carbocycles. The maximum Gasteiger partial charge on any atom is 0.251 e. The van der Waals surface area contributed by atoms with E-state index in [1.54, 1.807) is 25.1 Å². The van der Waals surface area contributed by atoms with Gasteiger partial charge in [-0.3, -0.25) is 4.79 Å². The van der Waals surface area contributed by atoms with E-state index in [-0.39, 0.29) is 17.8 Å². The van der Waals surface area contributed by atoms with Gasteiger partial charge in [0.05, 0.1) is 12.6 Å². The van der Waals surface area contributed by atoms with Crippen LogP contribution in [0, 0.1) is 12.7 Å². The molecule has 168 valence electrons. The van der Waals surface area contributed by atoms with E-state index in [1.165, 1.54) is 0 Å². The van der Waals surface area contributed by atoms with Crippen molar-refractivity contribution in [2.75, 3.05) is 33.7 Å². The van der Waals surface area contributed by atoms with Gasteiger partial charge in [0, 0.05) is 25.2 Å². The first-order valence-electron chi connectivity index (χ1n) is 10.6. The fraction of sp³-hybridized carbons (Fsp3) is 0.417. The van der Waals surface area contributed by atoms with Crippen LogP contribution in [0.15, 0.2) is 47.5 Å². The lowest BCUT2D eigenvalue weighted by Crippen LogP contribution is -2.38. The Hall–Kier alpha value is -2.93. The maximum atomic E-state index is 13.9. The molecule has 0 aliphatic heterocycles. The van der Waals surface area contributed by atoms with Crippen molar-refractivity contribution in [3.8, 4) is 0 Å². The van der Waals surface area contributed by atoms with Crippen LogP contribution in [0.25, 0.3) is 0 Å². The van der Waals surface area contributed by atoms with Crippen LogP contribution in [0.4, 0.5) is 4.39 Å². The number of hydrogen-bond acceptors (Lipinski definition) is 3. The molecule has 0 heterocycles. The summed E-state index contributed by atoms with van der Waals surface area (Å²) in [5.41, 5.74) is 3.03. The molecular formula is C24H34FN5O. The van der Waals surface area contributed by atoms with E-state index in [2.05, 4.69) is 20.9 Å². The molecule has 2 aromatic carbocycles. The number of carbonyl (C=O) groups excluding carboxylic acids is 1. The highest BCUT2D eigenvalue weighted by molar-refractivity contribution is 5.94. The van der Waals surface area contributed by atoms with Crippen molar-refractivity contribution in [3.05, 3.63) is 70.5 Å². The summed E-state index contributed by atoms with van der Waals surface area (Å²) in [6.45, 7) is 8.22. The van der Waals surface area contributed by atoms with Gasteiger partial charge in [-0.25, -0.2) is 9.38 Å². The molecule has 31 heavy (non-hydrogen) atoms. The number of hydrogen-bond donors (Lipinski definition) is 3. The SMILES string of the molecule is CCNC(=NCc1cccc(C(=O)NCCN(C)C)c1)NC(C)c1ccc(C)c(F)c1. The summed E-state index contributed by atoms with van der Waals surface area (Å²) in [4.78, 5) is 19.0. The van der Waals surface area contributed by atoms with Crippen LogP contribution in [-0.4, -0.2) is 50.5 Å². The van der Waals surface area contributed by atoms with E-state index in [9.17, 15) is 9.18 Å². The van der Waals surface area contributed by atoms with Crippen molar-refractivity contribution in [1.29, 1.82) is 0 Å². The Morgan fingerprint density at radius 1 is 1.16 bits per heavy atom. The smallest absolute Gasteiger partial charge is 0.251 e. The summed E-state index contributed by atoms with van der Waals surface area (Å²) in [5.74, 6) is 0.332. The molecule has 0 aromatic heterocycles. The molecular weight excluding hydrogens is 393 g/mol. The third-order valence-corrected chi connectivity index (χ3v) is 4.85. The Labute approximate surface area is 184 Å². The van der Waals surface area contributed by atoms with Gasteiger partial charge in [0.15, 0.2) is 5.96 Å². The fourth-order valence-corrected chi connectivity index (χ4v) is 2.96. The summed E-state index contributed by atoms with van der Waals surface area (Å²) < 4.78 is 13.9. The molecule has 0 spiro atoms. The average molecular weight is 428 g/mol. The Bertz CT molecular complexity index is 897. The van der Waals surface area contributed by atoms with Crippen molar-refractivity contribution in [1.82, 2.24) is 20.9 Å². The third kappa shape index (κ3) is 8.02. The van der Waals surface area contributed by atoms with Crippen molar-refractivity contribution in [2.45, 2.75) is 33.4 Å². The largest absolute Gasteiger partial charge is 0.357 e. The number of aryl methyl sites for hydroxylation is 1. The number of aliphatic imine (C=N–C) groups is 1. The highest BCUT2D eigenvalue weighted by Gasteiger charge is 2.10. The Kier molecular flexibility index (Phi) is 9.46. The van der Waals surface area contributed by atoms with Crippen LogP contribution in [-0.2, 0) is 6.54 Å². The third-order valence-electron chi connectivity index (χ3n) is 4.85. The number of nitrogens with zero attached hydrogens (tertiary/aromatic N) is 2. The highest BCUT2D eigenvalue weighted by Crippen LogP contribution is 2.16. The second kappa shape index (κ2) is 12.1. The number of nitrogens with one attached hydrogen (secondary N) is 3. The van der Waals surface area contributed by atoms with E-state index >= 15 is 0 Å². The number of halogens is 1. The molecule has 2 aromatic rings. The van der Waals surface area contributed by atoms with Crippen LogP contribution < -0.4 is 16.0 Å². The van der Waals surface area contributed by atoms with Gasteiger partial charge in [-0.2, -0.15) is 0 Å². The minimum Gasteiger partial charge on any atom is -0.357 e. The number of carbonyl (C=O) groups is 1. The Balaban J connectivity index is 2.04. The maximum absolute atomic E-state index is 13.9.